The molecule has 0 heterocycles. The van der Waals surface area contributed by atoms with E-state index in [1.807, 2.05) is 20.8 Å². The van der Waals surface area contributed by atoms with E-state index < -0.39 is 11.1 Å². The summed E-state index contributed by atoms with van der Waals surface area (Å²) in [4.78, 5) is 24.2. The van der Waals surface area contributed by atoms with Crippen molar-refractivity contribution in [2.75, 3.05) is 0 Å². The summed E-state index contributed by atoms with van der Waals surface area (Å²) in [6, 6.07) is 0.0485. The maximum atomic E-state index is 12.4. The third-order valence-corrected chi connectivity index (χ3v) is 3.51. The predicted molar refractivity (Wildman–Crippen MR) is 71.7 cm³/mol. The lowest BCUT2D eigenvalue weighted by Crippen LogP contribution is -2.57. The number of carbonyl (C=O) groups excluding carboxylic acids is 2. The molecule has 19 heavy (non-hydrogen) atoms. The molecule has 0 saturated heterocycles. The number of hydrogen-bond donors (Lipinski definition) is 2. The second kappa shape index (κ2) is 5.02. The lowest BCUT2D eigenvalue weighted by molar-refractivity contribution is -0.162. The summed E-state index contributed by atoms with van der Waals surface area (Å²) >= 11 is 0. The van der Waals surface area contributed by atoms with E-state index in [0.717, 1.165) is 25.7 Å². The van der Waals surface area contributed by atoms with E-state index in [1.54, 1.807) is 0 Å². The van der Waals surface area contributed by atoms with Crippen LogP contribution < -0.4 is 10.6 Å². The Bertz CT molecular complexity index is 363. The maximum Gasteiger partial charge on any atom is 0.332 e. The van der Waals surface area contributed by atoms with E-state index in [-0.39, 0.29) is 18.0 Å². The van der Waals surface area contributed by atoms with Gasteiger partial charge in [-0.2, -0.15) is 0 Å². The first-order chi connectivity index (χ1) is 8.81. The Hall–Kier alpha value is -1.26. The smallest absolute Gasteiger partial charge is 0.332 e. The highest BCUT2D eigenvalue weighted by molar-refractivity contribution is 5.88. The standard InChI is InChI=1S/C14H24N2O3/c1-13(2,3)19-11(17)14(8-4-5-9-14)16-12(18)15-10-6-7-10/h10H,4-9H2,1-3H3,(H2,15,16,18). The van der Waals surface area contributed by atoms with E-state index in [1.165, 1.54) is 0 Å². The highest BCUT2D eigenvalue weighted by atomic mass is 16.6. The number of hydrogen-bond acceptors (Lipinski definition) is 3. The third kappa shape index (κ3) is 3.85. The van der Waals surface area contributed by atoms with Crippen LogP contribution >= 0.6 is 0 Å². The van der Waals surface area contributed by atoms with Crippen molar-refractivity contribution in [3.8, 4) is 0 Å². The number of urea groups is 1. The van der Waals surface area contributed by atoms with Crippen molar-refractivity contribution in [3.05, 3.63) is 0 Å². The molecule has 0 bridgehead atoms. The Morgan fingerprint density at radius 2 is 1.74 bits per heavy atom. The average Bonchev–Trinajstić information content (AvgIpc) is 2.92. The van der Waals surface area contributed by atoms with E-state index in [9.17, 15) is 9.59 Å². The lowest BCUT2D eigenvalue weighted by atomic mass is 9.97. The molecule has 2 saturated carbocycles. The number of amides is 2. The Labute approximate surface area is 114 Å². The number of nitrogens with one attached hydrogen (secondary N) is 2. The fraction of sp³-hybridized carbons (Fsp3) is 0.857. The Kier molecular flexibility index (Phi) is 3.74. The first kappa shape index (κ1) is 14.2. The zero-order chi connectivity index (χ0) is 14.1. The largest absolute Gasteiger partial charge is 0.458 e. The molecule has 2 aliphatic carbocycles. The number of carbonyl (C=O) groups is 2. The molecule has 2 aliphatic rings. The second-order valence-corrected chi connectivity index (χ2v) is 6.66. The summed E-state index contributed by atoms with van der Waals surface area (Å²) < 4.78 is 5.47. The summed E-state index contributed by atoms with van der Waals surface area (Å²) in [5, 5.41) is 5.73. The second-order valence-electron chi connectivity index (χ2n) is 6.66. The van der Waals surface area contributed by atoms with Gasteiger partial charge in [-0.15, -0.1) is 0 Å². The maximum absolute atomic E-state index is 12.4. The van der Waals surface area contributed by atoms with Gasteiger partial charge in [-0.1, -0.05) is 12.8 Å². The van der Waals surface area contributed by atoms with Crippen molar-refractivity contribution in [1.82, 2.24) is 10.6 Å². The van der Waals surface area contributed by atoms with Gasteiger partial charge in [0.2, 0.25) is 0 Å². The molecule has 0 radical (unpaired) electrons. The average molecular weight is 268 g/mol. The van der Waals surface area contributed by atoms with Gasteiger partial charge in [0.25, 0.3) is 0 Å². The zero-order valence-electron chi connectivity index (χ0n) is 12.0. The molecule has 108 valence electrons. The highest BCUT2D eigenvalue weighted by Crippen LogP contribution is 2.32. The van der Waals surface area contributed by atoms with E-state index in [2.05, 4.69) is 10.6 Å². The van der Waals surface area contributed by atoms with Crippen LogP contribution in [0.1, 0.15) is 59.3 Å². The molecular weight excluding hydrogens is 244 g/mol. The Morgan fingerprint density at radius 1 is 1.16 bits per heavy atom. The van der Waals surface area contributed by atoms with Gasteiger partial charge in [0.15, 0.2) is 0 Å². The molecule has 0 atom stereocenters. The molecule has 0 aromatic rings. The first-order valence-corrected chi connectivity index (χ1v) is 7.13. The van der Waals surface area contributed by atoms with Crippen LogP contribution in [-0.2, 0) is 9.53 Å². The summed E-state index contributed by atoms with van der Waals surface area (Å²) in [6.45, 7) is 5.54. The summed E-state index contributed by atoms with van der Waals surface area (Å²) in [5.41, 5.74) is -1.35. The topological polar surface area (TPSA) is 67.4 Å². The van der Waals surface area contributed by atoms with Crippen molar-refractivity contribution in [1.29, 1.82) is 0 Å². The first-order valence-electron chi connectivity index (χ1n) is 7.13. The summed E-state index contributed by atoms with van der Waals surface area (Å²) in [7, 11) is 0. The predicted octanol–water partition coefficient (Wildman–Crippen LogP) is 2.10. The molecule has 0 unspecified atom stereocenters. The van der Waals surface area contributed by atoms with Crippen molar-refractivity contribution >= 4 is 12.0 Å². The van der Waals surface area contributed by atoms with Crippen molar-refractivity contribution in [2.24, 2.45) is 0 Å². The lowest BCUT2D eigenvalue weighted by Gasteiger charge is -2.31. The molecule has 0 aromatic carbocycles. The number of ether oxygens (including phenoxy) is 1. The fourth-order valence-corrected chi connectivity index (χ4v) is 2.40. The van der Waals surface area contributed by atoms with Gasteiger partial charge < -0.3 is 15.4 Å². The number of rotatable bonds is 3. The molecule has 0 aromatic heterocycles. The van der Waals surface area contributed by atoms with Gasteiger partial charge in [-0.05, 0) is 46.5 Å². The summed E-state index contributed by atoms with van der Waals surface area (Å²) in [6.07, 6.45) is 5.30. The van der Waals surface area contributed by atoms with Crippen LogP contribution in [0.5, 0.6) is 0 Å². The van der Waals surface area contributed by atoms with Crippen molar-refractivity contribution < 1.29 is 14.3 Å². The quantitative estimate of drug-likeness (QED) is 0.770. The molecule has 0 spiro atoms. The molecule has 5 nitrogen and oxygen atoms in total. The summed E-state index contributed by atoms with van der Waals surface area (Å²) in [5.74, 6) is -0.302. The van der Waals surface area contributed by atoms with E-state index in [4.69, 9.17) is 4.74 Å². The van der Waals surface area contributed by atoms with Crippen LogP contribution in [0.25, 0.3) is 0 Å². The van der Waals surface area contributed by atoms with E-state index in [0.29, 0.717) is 12.8 Å². The Morgan fingerprint density at radius 3 is 2.21 bits per heavy atom. The molecule has 5 heteroatoms. The minimum Gasteiger partial charge on any atom is -0.458 e. The van der Waals surface area contributed by atoms with Crippen LogP contribution in [-0.4, -0.2) is 29.2 Å². The molecule has 0 aliphatic heterocycles. The minimum atomic E-state index is -0.827. The molecule has 2 N–H and O–H groups in total. The van der Waals surface area contributed by atoms with Gasteiger partial charge in [0.05, 0.1) is 0 Å². The minimum absolute atomic E-state index is 0.241. The number of esters is 1. The zero-order valence-corrected chi connectivity index (χ0v) is 12.0. The van der Waals surface area contributed by atoms with Gasteiger partial charge in [0, 0.05) is 6.04 Å². The van der Waals surface area contributed by atoms with Crippen LogP contribution in [0.15, 0.2) is 0 Å². The van der Waals surface area contributed by atoms with Crippen LogP contribution in [0.4, 0.5) is 4.79 Å². The Balaban J connectivity index is 1.99. The highest BCUT2D eigenvalue weighted by Gasteiger charge is 2.45. The molecule has 2 rings (SSSR count). The van der Waals surface area contributed by atoms with E-state index >= 15 is 0 Å². The van der Waals surface area contributed by atoms with Gasteiger partial charge in [-0.25, -0.2) is 9.59 Å². The normalized spacial score (nSPS) is 21.8. The van der Waals surface area contributed by atoms with Crippen LogP contribution in [0, 0.1) is 0 Å². The van der Waals surface area contributed by atoms with Gasteiger partial charge in [0.1, 0.15) is 11.1 Å². The van der Waals surface area contributed by atoms with Crippen molar-refractivity contribution in [2.45, 2.75) is 76.5 Å². The molecule has 2 fully saturated rings. The fourth-order valence-electron chi connectivity index (χ4n) is 2.40. The monoisotopic (exact) mass is 268 g/mol. The van der Waals surface area contributed by atoms with Crippen molar-refractivity contribution in [3.63, 3.8) is 0 Å². The SMILES string of the molecule is CC(C)(C)OC(=O)C1(NC(=O)NC2CC2)CCCC1. The van der Waals surface area contributed by atoms with Crippen LogP contribution in [0.3, 0.4) is 0 Å². The third-order valence-electron chi connectivity index (χ3n) is 3.51. The molecular formula is C14H24N2O3. The van der Waals surface area contributed by atoms with Gasteiger partial charge in [-0.3, -0.25) is 0 Å². The van der Waals surface area contributed by atoms with Crippen LogP contribution in [0.2, 0.25) is 0 Å². The van der Waals surface area contributed by atoms with Gasteiger partial charge >= 0.3 is 12.0 Å². The molecule has 2 amide bonds.